The lowest BCUT2D eigenvalue weighted by atomic mass is 9.89. The minimum atomic E-state index is -0.532. The Kier molecular flexibility index (Phi) is 8.10. The molecule has 1 heterocycles. The fraction of sp³-hybridized carbons (Fsp3) is 0.545. The molecule has 1 N–H and O–H groups in total. The molecule has 0 bridgehead atoms. The Hall–Kier alpha value is -2.12. The smallest absolute Gasteiger partial charge is 0.289 e. The van der Waals surface area contributed by atoms with Gasteiger partial charge in [0.2, 0.25) is 5.91 Å². The van der Waals surface area contributed by atoms with Crippen molar-refractivity contribution in [1.29, 1.82) is 0 Å². The molecule has 1 aliphatic carbocycles. The van der Waals surface area contributed by atoms with Gasteiger partial charge in [-0.25, -0.2) is 4.39 Å². The van der Waals surface area contributed by atoms with Gasteiger partial charge in [-0.15, -0.1) is 0 Å². The maximum atomic E-state index is 14.2. The number of rotatable bonds is 8. The molecule has 30 heavy (non-hydrogen) atoms. The number of carbonyl (C=O) groups is 2. The highest BCUT2D eigenvalue weighted by atomic mass is 35.5. The van der Waals surface area contributed by atoms with Crippen molar-refractivity contribution in [2.75, 3.05) is 26.3 Å². The van der Waals surface area contributed by atoms with Crippen molar-refractivity contribution in [1.82, 2.24) is 10.2 Å². The van der Waals surface area contributed by atoms with Gasteiger partial charge in [0, 0.05) is 25.3 Å². The zero-order valence-electron chi connectivity index (χ0n) is 17.2. The summed E-state index contributed by atoms with van der Waals surface area (Å²) in [4.78, 5) is 27.1. The number of ether oxygens (including phenoxy) is 2. The molecule has 2 fully saturated rings. The van der Waals surface area contributed by atoms with Crippen LogP contribution in [0.2, 0.25) is 5.02 Å². The molecular formula is C22H28ClFN2O4. The van der Waals surface area contributed by atoms with Gasteiger partial charge in [0.25, 0.3) is 5.91 Å². The Morgan fingerprint density at radius 2 is 2.20 bits per heavy atom. The van der Waals surface area contributed by atoms with Crippen molar-refractivity contribution in [2.24, 2.45) is 0 Å². The third kappa shape index (κ3) is 5.52. The molecule has 164 valence electrons. The number of carbonyl (C=O) groups excluding carboxylic acids is 2. The number of amides is 2. The van der Waals surface area contributed by atoms with Crippen molar-refractivity contribution < 1.29 is 23.5 Å². The van der Waals surface area contributed by atoms with Crippen LogP contribution in [-0.4, -0.2) is 55.2 Å². The third-order valence-corrected chi connectivity index (χ3v) is 5.73. The Morgan fingerprint density at radius 3 is 2.97 bits per heavy atom. The molecule has 1 aromatic rings. The first-order valence-corrected chi connectivity index (χ1v) is 10.9. The molecule has 1 aromatic carbocycles. The molecular weight excluding hydrogens is 411 g/mol. The molecule has 0 aromatic heterocycles. The zero-order chi connectivity index (χ0) is 21.5. The molecule has 1 saturated heterocycles. The first-order valence-electron chi connectivity index (χ1n) is 10.5. The van der Waals surface area contributed by atoms with Crippen LogP contribution in [0.1, 0.15) is 44.6 Å². The van der Waals surface area contributed by atoms with Gasteiger partial charge < -0.3 is 19.7 Å². The second kappa shape index (κ2) is 10.8. The van der Waals surface area contributed by atoms with E-state index in [9.17, 15) is 14.0 Å². The first kappa shape index (κ1) is 22.6. The van der Waals surface area contributed by atoms with E-state index in [1.165, 1.54) is 18.2 Å². The maximum Gasteiger partial charge on any atom is 0.289 e. The standard InChI is InChI=1S/C22H28ClFN2O4/c1-2-29-12-6-11-25-21(27)14-26-18-9-3-4-10-19(18)30-20(22(26)28)13-15-16(23)7-5-8-17(15)24/h5,7-8,13,18-19H,2-4,6,9-12,14H2,1H3,(H,25,27)/b20-13-. The topological polar surface area (TPSA) is 67.9 Å². The number of nitrogens with zero attached hydrogens (tertiary/aromatic N) is 1. The van der Waals surface area contributed by atoms with Crippen molar-refractivity contribution in [3.63, 3.8) is 0 Å². The van der Waals surface area contributed by atoms with Crippen molar-refractivity contribution >= 4 is 29.5 Å². The fourth-order valence-corrected chi connectivity index (χ4v) is 4.12. The number of fused-ring (bicyclic) bond motifs is 1. The molecule has 2 unspecified atom stereocenters. The van der Waals surface area contributed by atoms with Crippen LogP contribution < -0.4 is 5.32 Å². The molecule has 1 aliphatic heterocycles. The quantitative estimate of drug-likeness (QED) is 0.498. The lowest BCUT2D eigenvalue weighted by Crippen LogP contribution is -2.57. The van der Waals surface area contributed by atoms with Crippen LogP contribution in [0, 0.1) is 5.82 Å². The Labute approximate surface area is 181 Å². The van der Waals surface area contributed by atoms with Gasteiger partial charge in [-0.3, -0.25) is 9.59 Å². The lowest BCUT2D eigenvalue weighted by molar-refractivity contribution is -0.151. The molecule has 8 heteroatoms. The van der Waals surface area contributed by atoms with Gasteiger partial charge in [0.05, 0.1) is 11.1 Å². The van der Waals surface area contributed by atoms with Gasteiger partial charge in [-0.05, 0) is 50.8 Å². The Bertz CT molecular complexity index is 781. The number of halogens is 2. The maximum absolute atomic E-state index is 14.2. The SMILES string of the molecule is CCOCCCNC(=O)CN1C(=O)/C(=C/c2c(F)cccc2Cl)OC2CCCCC21. The summed E-state index contributed by atoms with van der Waals surface area (Å²) in [5.74, 6) is -1.15. The van der Waals surface area contributed by atoms with Crippen LogP contribution in [-0.2, 0) is 19.1 Å². The van der Waals surface area contributed by atoms with Crippen LogP contribution in [0.25, 0.3) is 6.08 Å². The Balaban J connectivity index is 1.74. The van der Waals surface area contributed by atoms with E-state index in [1.807, 2.05) is 6.92 Å². The van der Waals surface area contributed by atoms with Gasteiger partial charge in [-0.1, -0.05) is 24.1 Å². The molecule has 0 spiro atoms. The highest BCUT2D eigenvalue weighted by Crippen LogP contribution is 2.34. The van der Waals surface area contributed by atoms with Gasteiger partial charge >= 0.3 is 0 Å². The number of morpholine rings is 1. The highest BCUT2D eigenvalue weighted by molar-refractivity contribution is 6.32. The second-order valence-corrected chi connectivity index (χ2v) is 7.89. The first-order chi connectivity index (χ1) is 14.5. The number of hydrogen-bond acceptors (Lipinski definition) is 4. The number of hydrogen-bond donors (Lipinski definition) is 1. The van der Waals surface area contributed by atoms with Crippen molar-refractivity contribution in [3.05, 3.63) is 40.4 Å². The summed E-state index contributed by atoms with van der Waals surface area (Å²) >= 11 is 6.11. The molecule has 0 radical (unpaired) electrons. The second-order valence-electron chi connectivity index (χ2n) is 7.49. The van der Waals surface area contributed by atoms with Gasteiger partial charge in [-0.2, -0.15) is 0 Å². The lowest BCUT2D eigenvalue weighted by Gasteiger charge is -2.44. The summed E-state index contributed by atoms with van der Waals surface area (Å²) in [5.41, 5.74) is 0.108. The van der Waals surface area contributed by atoms with Crippen LogP contribution in [0.3, 0.4) is 0 Å². The largest absolute Gasteiger partial charge is 0.482 e. The van der Waals surface area contributed by atoms with E-state index in [4.69, 9.17) is 21.1 Å². The van der Waals surface area contributed by atoms with Crippen LogP contribution in [0.5, 0.6) is 0 Å². The predicted octanol–water partition coefficient (Wildman–Crippen LogP) is 3.53. The third-order valence-electron chi connectivity index (χ3n) is 5.40. The summed E-state index contributed by atoms with van der Waals surface area (Å²) in [6, 6.07) is 4.18. The summed E-state index contributed by atoms with van der Waals surface area (Å²) in [6.07, 6.45) is 5.37. The van der Waals surface area contributed by atoms with Crippen LogP contribution in [0.15, 0.2) is 24.0 Å². The van der Waals surface area contributed by atoms with Crippen LogP contribution >= 0.6 is 11.6 Å². The molecule has 3 rings (SSSR count). The minimum absolute atomic E-state index is 0.0225. The van der Waals surface area contributed by atoms with Crippen molar-refractivity contribution in [3.8, 4) is 0 Å². The molecule has 2 aliphatic rings. The fourth-order valence-electron chi connectivity index (χ4n) is 3.90. The molecule has 2 atom stereocenters. The van der Waals surface area contributed by atoms with E-state index in [1.54, 1.807) is 11.0 Å². The van der Waals surface area contributed by atoms with Crippen molar-refractivity contribution in [2.45, 2.75) is 51.2 Å². The van der Waals surface area contributed by atoms with E-state index in [-0.39, 0.29) is 40.9 Å². The number of nitrogens with one attached hydrogen (secondary N) is 1. The van der Waals surface area contributed by atoms with E-state index >= 15 is 0 Å². The van der Waals surface area contributed by atoms with E-state index in [2.05, 4.69) is 5.32 Å². The summed E-state index contributed by atoms with van der Waals surface area (Å²) in [6.45, 7) is 3.57. The van der Waals surface area contributed by atoms with Gasteiger partial charge in [0.1, 0.15) is 18.5 Å². The summed E-state index contributed by atoms with van der Waals surface area (Å²) in [7, 11) is 0. The predicted molar refractivity (Wildman–Crippen MR) is 112 cm³/mol. The Morgan fingerprint density at radius 1 is 1.40 bits per heavy atom. The number of benzene rings is 1. The molecule has 6 nitrogen and oxygen atoms in total. The minimum Gasteiger partial charge on any atom is -0.482 e. The normalized spacial score (nSPS) is 22.6. The van der Waals surface area contributed by atoms with Gasteiger partial charge in [0.15, 0.2) is 5.76 Å². The van der Waals surface area contributed by atoms with Crippen LogP contribution in [0.4, 0.5) is 4.39 Å². The van der Waals surface area contributed by atoms with E-state index < -0.39 is 11.7 Å². The summed E-state index contributed by atoms with van der Waals surface area (Å²) in [5, 5.41) is 3.03. The summed E-state index contributed by atoms with van der Waals surface area (Å²) < 4.78 is 25.4. The highest BCUT2D eigenvalue weighted by Gasteiger charge is 2.42. The van der Waals surface area contributed by atoms with E-state index in [0.717, 1.165) is 25.7 Å². The zero-order valence-corrected chi connectivity index (χ0v) is 17.9. The average molecular weight is 439 g/mol. The molecule has 2 amide bonds. The van der Waals surface area contributed by atoms with E-state index in [0.29, 0.717) is 26.2 Å². The average Bonchev–Trinajstić information content (AvgIpc) is 2.73. The monoisotopic (exact) mass is 438 g/mol. The molecule has 1 saturated carbocycles.